The van der Waals surface area contributed by atoms with Gasteiger partial charge in [0.2, 0.25) is 0 Å². The molecule has 0 aliphatic heterocycles. The van der Waals surface area contributed by atoms with Crippen LogP contribution < -0.4 is 10.5 Å². The van der Waals surface area contributed by atoms with E-state index in [-0.39, 0.29) is 0 Å². The Hall–Kier alpha value is -1.80. The zero-order valence-corrected chi connectivity index (χ0v) is 11.0. The fourth-order valence-corrected chi connectivity index (χ4v) is 2.51. The van der Waals surface area contributed by atoms with Crippen molar-refractivity contribution in [2.24, 2.45) is 11.7 Å². The molecule has 1 fully saturated rings. The molecule has 1 unspecified atom stereocenters. The molecular weight excluding hydrogens is 234 g/mol. The maximum atomic E-state index is 5.88. The number of nitrogens with two attached hydrogens (primary N) is 1. The van der Waals surface area contributed by atoms with Crippen molar-refractivity contribution in [2.45, 2.75) is 18.8 Å². The van der Waals surface area contributed by atoms with Crippen molar-refractivity contribution in [1.82, 2.24) is 0 Å². The molecule has 1 saturated carbocycles. The first-order valence-electron chi connectivity index (χ1n) is 6.90. The van der Waals surface area contributed by atoms with Gasteiger partial charge in [-0.25, -0.2) is 0 Å². The molecule has 0 heterocycles. The topological polar surface area (TPSA) is 35.2 Å². The predicted molar refractivity (Wildman–Crippen MR) is 77.5 cm³/mol. The standard InChI is InChI=1S/C17H19NO/c18-12-17(13-6-7-13)14-8-10-16(11-9-14)19-15-4-2-1-3-5-15/h1-5,8-11,13,17H,6-7,12,18H2. The Morgan fingerprint density at radius 2 is 1.58 bits per heavy atom. The highest BCUT2D eigenvalue weighted by molar-refractivity contribution is 5.34. The third kappa shape index (κ3) is 2.96. The van der Waals surface area contributed by atoms with Crippen LogP contribution >= 0.6 is 0 Å². The molecule has 98 valence electrons. The fourth-order valence-electron chi connectivity index (χ4n) is 2.51. The molecule has 1 atom stereocenters. The van der Waals surface area contributed by atoms with Gasteiger partial charge in [-0.05, 0) is 61.1 Å². The van der Waals surface area contributed by atoms with E-state index in [1.54, 1.807) is 0 Å². The highest BCUT2D eigenvalue weighted by Crippen LogP contribution is 2.42. The minimum absolute atomic E-state index is 0.519. The lowest BCUT2D eigenvalue weighted by Crippen LogP contribution is -2.14. The lowest BCUT2D eigenvalue weighted by atomic mass is 9.94. The lowest BCUT2D eigenvalue weighted by molar-refractivity contribution is 0.482. The molecule has 2 aromatic carbocycles. The highest BCUT2D eigenvalue weighted by Gasteiger charge is 2.31. The van der Waals surface area contributed by atoms with Crippen LogP contribution in [0.1, 0.15) is 24.3 Å². The van der Waals surface area contributed by atoms with E-state index in [0.29, 0.717) is 5.92 Å². The van der Waals surface area contributed by atoms with Gasteiger partial charge in [0.05, 0.1) is 0 Å². The van der Waals surface area contributed by atoms with Gasteiger partial charge in [-0.15, -0.1) is 0 Å². The molecule has 3 rings (SSSR count). The van der Waals surface area contributed by atoms with Crippen molar-refractivity contribution in [3.05, 3.63) is 60.2 Å². The number of benzene rings is 2. The second kappa shape index (κ2) is 5.45. The summed E-state index contributed by atoms with van der Waals surface area (Å²) in [4.78, 5) is 0. The summed E-state index contributed by atoms with van der Waals surface area (Å²) < 4.78 is 5.79. The van der Waals surface area contributed by atoms with Crippen molar-refractivity contribution >= 4 is 0 Å². The van der Waals surface area contributed by atoms with E-state index in [4.69, 9.17) is 10.5 Å². The average molecular weight is 253 g/mol. The van der Waals surface area contributed by atoms with Gasteiger partial charge in [0, 0.05) is 0 Å². The third-order valence-corrected chi connectivity index (χ3v) is 3.73. The van der Waals surface area contributed by atoms with Gasteiger partial charge in [-0.1, -0.05) is 30.3 Å². The summed E-state index contributed by atoms with van der Waals surface area (Å²) in [6.07, 6.45) is 2.65. The van der Waals surface area contributed by atoms with E-state index < -0.39 is 0 Å². The summed E-state index contributed by atoms with van der Waals surface area (Å²) in [6, 6.07) is 18.2. The minimum Gasteiger partial charge on any atom is -0.457 e. The first kappa shape index (κ1) is 12.2. The van der Waals surface area contributed by atoms with Crippen LogP contribution in [0.2, 0.25) is 0 Å². The Kier molecular flexibility index (Phi) is 3.51. The number of rotatable bonds is 5. The van der Waals surface area contributed by atoms with E-state index in [2.05, 4.69) is 12.1 Å². The fraction of sp³-hybridized carbons (Fsp3) is 0.294. The van der Waals surface area contributed by atoms with Crippen LogP contribution in [-0.4, -0.2) is 6.54 Å². The molecular formula is C17H19NO. The summed E-state index contributed by atoms with van der Waals surface area (Å²) in [5.41, 5.74) is 7.21. The maximum absolute atomic E-state index is 5.88. The van der Waals surface area contributed by atoms with Gasteiger partial charge in [-0.3, -0.25) is 0 Å². The number of ether oxygens (including phenoxy) is 1. The van der Waals surface area contributed by atoms with Crippen LogP contribution in [0, 0.1) is 5.92 Å². The summed E-state index contributed by atoms with van der Waals surface area (Å²) in [7, 11) is 0. The smallest absolute Gasteiger partial charge is 0.127 e. The lowest BCUT2D eigenvalue weighted by Gasteiger charge is -2.14. The van der Waals surface area contributed by atoms with Gasteiger partial charge in [-0.2, -0.15) is 0 Å². The molecule has 2 nitrogen and oxygen atoms in total. The molecule has 1 aliphatic carbocycles. The third-order valence-electron chi connectivity index (χ3n) is 3.73. The van der Waals surface area contributed by atoms with E-state index in [1.165, 1.54) is 18.4 Å². The van der Waals surface area contributed by atoms with Crippen LogP contribution in [0.5, 0.6) is 11.5 Å². The number of para-hydroxylation sites is 1. The molecule has 0 saturated heterocycles. The molecule has 2 heteroatoms. The minimum atomic E-state index is 0.519. The Morgan fingerprint density at radius 3 is 2.16 bits per heavy atom. The summed E-state index contributed by atoms with van der Waals surface area (Å²) in [5.74, 6) is 3.06. The molecule has 0 aromatic heterocycles. The summed E-state index contributed by atoms with van der Waals surface area (Å²) >= 11 is 0. The monoisotopic (exact) mass is 253 g/mol. The van der Waals surface area contributed by atoms with Crippen molar-refractivity contribution in [1.29, 1.82) is 0 Å². The zero-order chi connectivity index (χ0) is 13.1. The van der Waals surface area contributed by atoms with Crippen LogP contribution in [0.3, 0.4) is 0 Å². The van der Waals surface area contributed by atoms with E-state index in [9.17, 15) is 0 Å². The molecule has 1 aliphatic rings. The van der Waals surface area contributed by atoms with Gasteiger partial charge >= 0.3 is 0 Å². The molecule has 0 amide bonds. The Labute approximate surface area is 114 Å². The average Bonchev–Trinajstić information content (AvgIpc) is 3.27. The molecule has 0 spiro atoms. The summed E-state index contributed by atoms with van der Waals surface area (Å²) in [6.45, 7) is 0.740. The van der Waals surface area contributed by atoms with Gasteiger partial charge in [0.15, 0.2) is 0 Å². The number of hydrogen-bond donors (Lipinski definition) is 1. The van der Waals surface area contributed by atoms with E-state index in [1.807, 2.05) is 42.5 Å². The normalized spacial score (nSPS) is 16.1. The summed E-state index contributed by atoms with van der Waals surface area (Å²) in [5, 5.41) is 0. The Balaban J connectivity index is 1.71. The van der Waals surface area contributed by atoms with Gasteiger partial charge in [0.25, 0.3) is 0 Å². The van der Waals surface area contributed by atoms with E-state index in [0.717, 1.165) is 24.0 Å². The van der Waals surface area contributed by atoms with Crippen molar-refractivity contribution in [3.8, 4) is 11.5 Å². The van der Waals surface area contributed by atoms with Crippen molar-refractivity contribution < 1.29 is 4.74 Å². The Bertz CT molecular complexity index is 517. The van der Waals surface area contributed by atoms with Crippen molar-refractivity contribution in [3.63, 3.8) is 0 Å². The predicted octanol–water partition coefficient (Wildman–Crippen LogP) is 3.93. The van der Waals surface area contributed by atoms with Gasteiger partial charge in [0.1, 0.15) is 11.5 Å². The molecule has 2 aromatic rings. The second-order valence-corrected chi connectivity index (χ2v) is 5.16. The SMILES string of the molecule is NCC(c1ccc(Oc2ccccc2)cc1)C1CC1. The molecule has 0 radical (unpaired) electrons. The Morgan fingerprint density at radius 1 is 0.947 bits per heavy atom. The highest BCUT2D eigenvalue weighted by atomic mass is 16.5. The van der Waals surface area contributed by atoms with Crippen LogP contribution in [-0.2, 0) is 0 Å². The second-order valence-electron chi connectivity index (χ2n) is 5.16. The zero-order valence-electron chi connectivity index (χ0n) is 11.0. The van der Waals surface area contributed by atoms with E-state index >= 15 is 0 Å². The van der Waals surface area contributed by atoms with Gasteiger partial charge < -0.3 is 10.5 Å². The largest absolute Gasteiger partial charge is 0.457 e. The molecule has 0 bridgehead atoms. The first-order valence-corrected chi connectivity index (χ1v) is 6.90. The van der Waals surface area contributed by atoms with Crippen molar-refractivity contribution in [2.75, 3.05) is 6.54 Å². The van der Waals surface area contributed by atoms with Crippen LogP contribution in [0.15, 0.2) is 54.6 Å². The maximum Gasteiger partial charge on any atom is 0.127 e. The number of hydrogen-bond acceptors (Lipinski definition) is 2. The quantitative estimate of drug-likeness (QED) is 0.876. The van der Waals surface area contributed by atoms with Crippen LogP contribution in [0.25, 0.3) is 0 Å². The first-order chi connectivity index (χ1) is 9.36. The van der Waals surface area contributed by atoms with Crippen LogP contribution in [0.4, 0.5) is 0 Å². The molecule has 2 N–H and O–H groups in total. The molecule has 19 heavy (non-hydrogen) atoms.